The molecule has 0 bridgehead atoms. The number of benzene rings is 2. The van der Waals surface area contributed by atoms with E-state index in [1.807, 2.05) is 37.2 Å². The number of ether oxygens (including phenoxy) is 1. The Bertz CT molecular complexity index is 841. The number of amides is 3. The number of fused-ring (bicyclic) bond motifs is 1. The van der Waals surface area contributed by atoms with Gasteiger partial charge in [-0.3, -0.25) is 4.79 Å². The zero-order valence-electron chi connectivity index (χ0n) is 14.4. The fourth-order valence-corrected chi connectivity index (χ4v) is 2.49. The number of anilines is 3. The molecule has 0 unspecified atom stereocenters. The number of carbonyl (C=O) groups excluding carboxylic acids is 2. The molecule has 7 nitrogen and oxygen atoms in total. The van der Waals surface area contributed by atoms with Crippen LogP contribution in [0.15, 0.2) is 42.5 Å². The molecule has 3 rings (SSSR count). The summed E-state index contributed by atoms with van der Waals surface area (Å²) in [5, 5.41) is 7.80. The number of halogens is 1. The molecule has 0 spiro atoms. The van der Waals surface area contributed by atoms with Crippen molar-refractivity contribution < 1.29 is 18.7 Å². The van der Waals surface area contributed by atoms with Crippen molar-refractivity contribution in [1.82, 2.24) is 5.32 Å². The van der Waals surface area contributed by atoms with Gasteiger partial charge in [-0.25, -0.2) is 9.18 Å². The minimum atomic E-state index is -0.914. The Kier molecular flexibility index (Phi) is 4.92. The Labute approximate surface area is 150 Å². The van der Waals surface area contributed by atoms with Gasteiger partial charge in [0, 0.05) is 31.5 Å². The highest BCUT2D eigenvalue weighted by atomic mass is 19.1. The van der Waals surface area contributed by atoms with E-state index in [0.29, 0.717) is 11.4 Å². The molecule has 26 heavy (non-hydrogen) atoms. The van der Waals surface area contributed by atoms with Crippen LogP contribution in [-0.2, 0) is 4.79 Å². The van der Waals surface area contributed by atoms with Gasteiger partial charge in [0.2, 0.25) is 0 Å². The van der Waals surface area contributed by atoms with Gasteiger partial charge in [0.25, 0.3) is 5.91 Å². The van der Waals surface area contributed by atoms with Gasteiger partial charge in [-0.2, -0.15) is 0 Å². The number of nitrogens with one attached hydrogen (secondary N) is 3. The summed E-state index contributed by atoms with van der Waals surface area (Å²) >= 11 is 0. The molecule has 0 aromatic heterocycles. The van der Waals surface area contributed by atoms with E-state index in [1.165, 1.54) is 18.2 Å². The molecule has 0 aliphatic carbocycles. The van der Waals surface area contributed by atoms with E-state index in [1.54, 1.807) is 6.07 Å². The summed E-state index contributed by atoms with van der Waals surface area (Å²) < 4.78 is 18.8. The maximum Gasteiger partial charge on any atom is 0.320 e. The van der Waals surface area contributed by atoms with Crippen LogP contribution in [0.5, 0.6) is 5.75 Å². The maximum absolute atomic E-state index is 13.3. The molecule has 136 valence electrons. The number of rotatable bonds is 3. The van der Waals surface area contributed by atoms with Crippen molar-refractivity contribution in [3.05, 3.63) is 48.3 Å². The van der Waals surface area contributed by atoms with Crippen LogP contribution < -0.4 is 25.6 Å². The Morgan fingerprint density at radius 3 is 2.85 bits per heavy atom. The normalized spacial score (nSPS) is 15.8. The molecule has 1 aliphatic heterocycles. The van der Waals surface area contributed by atoms with E-state index >= 15 is 0 Å². The summed E-state index contributed by atoms with van der Waals surface area (Å²) in [4.78, 5) is 26.4. The van der Waals surface area contributed by atoms with Crippen LogP contribution in [0.4, 0.5) is 26.2 Å². The van der Waals surface area contributed by atoms with Crippen LogP contribution in [0, 0.1) is 5.82 Å². The Morgan fingerprint density at radius 1 is 1.27 bits per heavy atom. The van der Waals surface area contributed by atoms with Crippen LogP contribution in [-0.4, -0.2) is 38.7 Å². The van der Waals surface area contributed by atoms with Crippen LogP contribution in [0.2, 0.25) is 0 Å². The van der Waals surface area contributed by atoms with Gasteiger partial charge in [-0.05, 0) is 30.3 Å². The lowest BCUT2D eigenvalue weighted by Crippen LogP contribution is -2.48. The van der Waals surface area contributed by atoms with E-state index < -0.39 is 23.8 Å². The number of carbonyl (C=O) groups is 2. The van der Waals surface area contributed by atoms with Crippen molar-refractivity contribution in [2.45, 2.75) is 6.04 Å². The van der Waals surface area contributed by atoms with E-state index in [-0.39, 0.29) is 12.3 Å². The molecule has 2 aromatic carbocycles. The summed E-state index contributed by atoms with van der Waals surface area (Å²) in [5.41, 5.74) is 1.75. The zero-order valence-corrected chi connectivity index (χ0v) is 14.4. The molecule has 1 heterocycles. The number of urea groups is 1. The number of hydrogen-bond donors (Lipinski definition) is 3. The number of nitrogens with zero attached hydrogens (tertiary/aromatic N) is 1. The van der Waals surface area contributed by atoms with Crippen LogP contribution in [0.25, 0.3) is 0 Å². The Balaban J connectivity index is 1.65. The van der Waals surface area contributed by atoms with Gasteiger partial charge in [0.1, 0.15) is 24.2 Å². The molecular weight excluding hydrogens is 339 g/mol. The highest BCUT2D eigenvalue weighted by molar-refractivity contribution is 6.00. The zero-order chi connectivity index (χ0) is 18.7. The highest BCUT2D eigenvalue weighted by Crippen LogP contribution is 2.27. The molecule has 0 radical (unpaired) electrons. The first-order valence-corrected chi connectivity index (χ1v) is 8.00. The second-order valence-corrected chi connectivity index (χ2v) is 6.04. The monoisotopic (exact) mass is 358 g/mol. The Hall–Kier alpha value is -3.29. The van der Waals surface area contributed by atoms with E-state index in [2.05, 4.69) is 16.0 Å². The fourth-order valence-electron chi connectivity index (χ4n) is 2.49. The van der Waals surface area contributed by atoms with Gasteiger partial charge >= 0.3 is 6.03 Å². The third-order valence-electron chi connectivity index (χ3n) is 3.85. The average Bonchev–Trinajstić information content (AvgIpc) is 2.74. The SMILES string of the molecule is CN(C)c1cccc(NC(=O)N[C@@H]2COc3ccc(F)cc3NC2=O)c1. The van der Waals surface area contributed by atoms with Gasteiger partial charge in [-0.1, -0.05) is 6.07 Å². The molecule has 0 fully saturated rings. The first-order valence-electron chi connectivity index (χ1n) is 8.00. The van der Waals surface area contributed by atoms with Crippen molar-refractivity contribution in [3.63, 3.8) is 0 Å². The van der Waals surface area contributed by atoms with Gasteiger partial charge < -0.3 is 25.6 Å². The molecule has 8 heteroatoms. The average molecular weight is 358 g/mol. The highest BCUT2D eigenvalue weighted by Gasteiger charge is 2.26. The van der Waals surface area contributed by atoms with Crippen molar-refractivity contribution in [3.8, 4) is 5.75 Å². The quantitative estimate of drug-likeness (QED) is 0.787. The number of hydrogen-bond acceptors (Lipinski definition) is 4. The minimum Gasteiger partial charge on any atom is -0.489 e. The van der Waals surface area contributed by atoms with E-state index in [4.69, 9.17) is 4.74 Å². The molecule has 0 saturated heterocycles. The standard InChI is InChI=1S/C18H19FN4O3/c1-23(2)13-5-3-4-12(9-13)20-18(25)22-15-10-26-16-7-6-11(19)8-14(16)21-17(15)24/h3-9,15H,10H2,1-2H3,(H,21,24)(H2,20,22,25)/t15-/m1/s1. The predicted molar refractivity (Wildman–Crippen MR) is 97.2 cm³/mol. The summed E-state index contributed by atoms with van der Waals surface area (Å²) in [6, 6.07) is 9.66. The molecule has 2 aromatic rings. The van der Waals surface area contributed by atoms with Gasteiger partial charge in [-0.15, -0.1) is 0 Å². The van der Waals surface area contributed by atoms with E-state index in [9.17, 15) is 14.0 Å². The fraction of sp³-hybridized carbons (Fsp3) is 0.222. The second kappa shape index (κ2) is 7.30. The summed E-state index contributed by atoms with van der Waals surface area (Å²) in [6.07, 6.45) is 0. The largest absolute Gasteiger partial charge is 0.489 e. The molecule has 3 amide bonds. The first-order chi connectivity index (χ1) is 12.4. The van der Waals surface area contributed by atoms with Gasteiger partial charge in [0.05, 0.1) is 5.69 Å². The Morgan fingerprint density at radius 2 is 2.08 bits per heavy atom. The molecule has 1 aliphatic rings. The summed E-state index contributed by atoms with van der Waals surface area (Å²) in [7, 11) is 3.79. The maximum atomic E-state index is 13.3. The van der Waals surface area contributed by atoms with Crippen molar-refractivity contribution in [1.29, 1.82) is 0 Å². The molecular formula is C18H19FN4O3. The van der Waals surface area contributed by atoms with Crippen molar-refractivity contribution in [2.24, 2.45) is 0 Å². The first kappa shape index (κ1) is 17.5. The minimum absolute atomic E-state index is 0.0599. The van der Waals surface area contributed by atoms with Gasteiger partial charge in [0.15, 0.2) is 0 Å². The third-order valence-corrected chi connectivity index (χ3v) is 3.85. The van der Waals surface area contributed by atoms with Crippen molar-refractivity contribution in [2.75, 3.05) is 36.2 Å². The van der Waals surface area contributed by atoms with E-state index in [0.717, 1.165) is 5.69 Å². The second-order valence-electron chi connectivity index (χ2n) is 6.04. The lowest BCUT2D eigenvalue weighted by Gasteiger charge is -2.17. The van der Waals surface area contributed by atoms with Crippen LogP contribution in [0.1, 0.15) is 0 Å². The predicted octanol–water partition coefficient (Wildman–Crippen LogP) is 2.41. The topological polar surface area (TPSA) is 82.7 Å². The smallest absolute Gasteiger partial charge is 0.320 e. The lowest BCUT2D eigenvalue weighted by molar-refractivity contribution is -0.118. The van der Waals surface area contributed by atoms with Crippen LogP contribution >= 0.6 is 0 Å². The van der Waals surface area contributed by atoms with Crippen LogP contribution in [0.3, 0.4) is 0 Å². The lowest BCUT2D eigenvalue weighted by atomic mass is 10.2. The summed E-state index contributed by atoms with van der Waals surface area (Å²) in [6.45, 7) is -0.0599. The molecule has 1 atom stereocenters. The molecule has 0 saturated carbocycles. The van der Waals surface area contributed by atoms with Crippen molar-refractivity contribution >= 4 is 29.0 Å². The third kappa shape index (κ3) is 4.02. The molecule has 3 N–H and O–H groups in total. The summed E-state index contributed by atoms with van der Waals surface area (Å²) in [5.74, 6) is -0.618.